The van der Waals surface area contributed by atoms with Crippen molar-refractivity contribution >= 4 is 64.8 Å². The SMILES string of the molecule is Cc1c2c(c(CC(C)(C)C)c3c1sc1ccccc13)Sc1cc3ccc(CC(C)(C)C)cc3c3cc[n+](C)c-2c13. The number of benzene rings is 4. The number of thiophene rings is 1. The van der Waals surface area contributed by atoms with Gasteiger partial charge in [-0.1, -0.05) is 89.7 Å². The Kier molecular flexibility index (Phi) is 5.74. The van der Waals surface area contributed by atoms with Crippen molar-refractivity contribution in [1.82, 2.24) is 0 Å². The standard InChI is InChI=1S/C37H38NS2/c1-21-30-33-32-24(15-16-38(33)8)26-17-22(19-36(2,3)4)13-14-23(26)18-29(32)40-35(30)27(20-37(5,6)7)31-25-11-9-10-12-28(25)39-34(21)31/h9-18H,19-20H2,1-8H3/q+1. The van der Waals surface area contributed by atoms with Crippen molar-refractivity contribution < 1.29 is 4.57 Å². The van der Waals surface area contributed by atoms with E-state index < -0.39 is 0 Å². The molecule has 7 rings (SSSR count). The van der Waals surface area contributed by atoms with Crippen LogP contribution >= 0.6 is 23.1 Å². The van der Waals surface area contributed by atoms with Gasteiger partial charge in [0.2, 0.25) is 5.69 Å². The zero-order valence-corrected chi connectivity index (χ0v) is 26.6. The van der Waals surface area contributed by atoms with E-state index in [9.17, 15) is 0 Å². The normalized spacial score (nSPS) is 13.6. The van der Waals surface area contributed by atoms with Gasteiger partial charge in [-0.2, -0.15) is 0 Å². The van der Waals surface area contributed by atoms with Crippen LogP contribution in [0.15, 0.2) is 70.6 Å². The molecule has 202 valence electrons. The Morgan fingerprint density at radius 2 is 1.52 bits per heavy atom. The molecule has 4 aromatic carbocycles. The first kappa shape index (κ1) is 26.0. The molecule has 0 spiro atoms. The highest BCUT2D eigenvalue weighted by Crippen LogP contribution is 2.55. The highest BCUT2D eigenvalue weighted by atomic mass is 32.2. The van der Waals surface area contributed by atoms with E-state index in [4.69, 9.17) is 0 Å². The lowest BCUT2D eigenvalue weighted by Crippen LogP contribution is -2.32. The molecule has 0 atom stereocenters. The van der Waals surface area contributed by atoms with Crippen molar-refractivity contribution in [3.63, 3.8) is 0 Å². The Morgan fingerprint density at radius 3 is 2.27 bits per heavy atom. The van der Waals surface area contributed by atoms with Gasteiger partial charge in [-0.25, -0.2) is 4.57 Å². The van der Waals surface area contributed by atoms with Gasteiger partial charge in [-0.3, -0.25) is 0 Å². The summed E-state index contributed by atoms with van der Waals surface area (Å²) in [6, 6.07) is 21.0. The summed E-state index contributed by atoms with van der Waals surface area (Å²) in [5, 5.41) is 8.39. The molecule has 3 heteroatoms. The third kappa shape index (κ3) is 4.08. The van der Waals surface area contributed by atoms with Crippen LogP contribution in [0.4, 0.5) is 0 Å². The summed E-state index contributed by atoms with van der Waals surface area (Å²) >= 11 is 3.98. The molecule has 0 bridgehead atoms. The van der Waals surface area contributed by atoms with Gasteiger partial charge in [0, 0.05) is 41.4 Å². The van der Waals surface area contributed by atoms with Crippen molar-refractivity contribution in [1.29, 1.82) is 0 Å². The summed E-state index contributed by atoms with van der Waals surface area (Å²) in [4.78, 5) is 2.85. The highest BCUT2D eigenvalue weighted by molar-refractivity contribution is 8.00. The molecule has 0 amide bonds. The van der Waals surface area contributed by atoms with Gasteiger partial charge in [-0.15, -0.1) is 11.3 Å². The fourth-order valence-corrected chi connectivity index (χ4v) is 9.37. The van der Waals surface area contributed by atoms with E-state index in [1.54, 1.807) is 0 Å². The zero-order valence-electron chi connectivity index (χ0n) is 25.0. The average Bonchev–Trinajstić information content (AvgIpc) is 3.26. The molecule has 1 aliphatic heterocycles. The maximum Gasteiger partial charge on any atom is 0.222 e. The van der Waals surface area contributed by atoms with E-state index in [1.807, 2.05) is 23.1 Å². The lowest BCUT2D eigenvalue weighted by molar-refractivity contribution is -0.659. The van der Waals surface area contributed by atoms with E-state index in [1.165, 1.54) is 79.5 Å². The Bertz CT molecular complexity index is 2010. The van der Waals surface area contributed by atoms with Crippen LogP contribution in [-0.4, -0.2) is 0 Å². The molecule has 1 aliphatic rings. The van der Waals surface area contributed by atoms with Crippen LogP contribution in [0.3, 0.4) is 0 Å². The van der Waals surface area contributed by atoms with E-state index in [2.05, 4.69) is 121 Å². The molecule has 6 aromatic rings. The lowest BCUT2D eigenvalue weighted by atomic mass is 9.83. The second-order valence-electron chi connectivity index (χ2n) is 14.2. The molecule has 0 fully saturated rings. The fraction of sp³-hybridized carbons (Fsp3) is 0.324. The number of fused-ring (bicyclic) bond motifs is 7. The number of nitrogens with zero attached hydrogens (tertiary/aromatic N) is 1. The molecule has 2 aromatic heterocycles. The maximum absolute atomic E-state index is 2.46. The number of pyridine rings is 1. The molecule has 0 saturated carbocycles. The average molecular weight is 561 g/mol. The summed E-state index contributed by atoms with van der Waals surface area (Å²) < 4.78 is 5.22. The molecule has 0 N–H and O–H groups in total. The largest absolute Gasteiger partial charge is 0.222 e. The Balaban J connectivity index is 1.61. The second kappa shape index (κ2) is 8.81. The van der Waals surface area contributed by atoms with Crippen LogP contribution in [0.5, 0.6) is 0 Å². The Morgan fingerprint density at radius 1 is 0.775 bits per heavy atom. The third-order valence-electron chi connectivity index (χ3n) is 8.27. The van der Waals surface area contributed by atoms with E-state index in [0.29, 0.717) is 0 Å². The minimum Gasteiger partial charge on any atom is -0.200 e. The Hall–Kier alpha value is -2.88. The van der Waals surface area contributed by atoms with Crippen molar-refractivity contribution in [2.75, 3.05) is 0 Å². The molecule has 40 heavy (non-hydrogen) atoms. The van der Waals surface area contributed by atoms with Gasteiger partial charge in [0.15, 0.2) is 6.20 Å². The first-order valence-electron chi connectivity index (χ1n) is 14.4. The molecule has 1 nitrogen and oxygen atoms in total. The predicted molar refractivity (Wildman–Crippen MR) is 176 cm³/mol. The van der Waals surface area contributed by atoms with E-state index in [-0.39, 0.29) is 10.8 Å². The number of hydrogen-bond donors (Lipinski definition) is 0. The van der Waals surface area contributed by atoms with Crippen LogP contribution < -0.4 is 4.57 Å². The van der Waals surface area contributed by atoms with Crippen LogP contribution in [0.1, 0.15) is 58.2 Å². The van der Waals surface area contributed by atoms with Gasteiger partial charge in [0.05, 0.1) is 10.9 Å². The first-order chi connectivity index (χ1) is 18.9. The minimum absolute atomic E-state index is 0.181. The predicted octanol–water partition coefficient (Wildman–Crippen LogP) is 10.8. The smallest absolute Gasteiger partial charge is 0.200 e. The molecular formula is C37H38NS2+. The van der Waals surface area contributed by atoms with Gasteiger partial charge in [-0.05, 0) is 70.2 Å². The number of hydrogen-bond acceptors (Lipinski definition) is 2. The topological polar surface area (TPSA) is 3.88 Å². The van der Waals surface area contributed by atoms with Gasteiger partial charge in [0.1, 0.15) is 7.05 Å². The summed E-state index contributed by atoms with van der Waals surface area (Å²) in [5.74, 6) is 0. The Labute approximate surface area is 246 Å². The monoisotopic (exact) mass is 560 g/mol. The van der Waals surface area contributed by atoms with Crippen LogP contribution in [0.2, 0.25) is 0 Å². The third-order valence-corrected chi connectivity index (χ3v) is 10.8. The summed E-state index contributed by atoms with van der Waals surface area (Å²) in [6.45, 7) is 16.5. The molecule has 0 saturated heterocycles. The van der Waals surface area contributed by atoms with E-state index in [0.717, 1.165) is 12.8 Å². The number of aromatic nitrogens is 1. The van der Waals surface area contributed by atoms with Gasteiger partial charge < -0.3 is 0 Å². The summed E-state index contributed by atoms with van der Waals surface area (Å²) in [6.07, 6.45) is 4.42. The van der Waals surface area contributed by atoms with Gasteiger partial charge >= 0.3 is 0 Å². The quantitative estimate of drug-likeness (QED) is 0.150. The second-order valence-corrected chi connectivity index (χ2v) is 16.3. The van der Waals surface area contributed by atoms with Crippen molar-refractivity contribution in [3.8, 4) is 11.3 Å². The van der Waals surface area contributed by atoms with E-state index >= 15 is 0 Å². The van der Waals surface area contributed by atoms with Crippen LogP contribution in [-0.2, 0) is 19.9 Å². The van der Waals surface area contributed by atoms with Crippen molar-refractivity contribution in [2.24, 2.45) is 17.9 Å². The highest BCUT2D eigenvalue weighted by Gasteiger charge is 2.34. The number of aryl methyl sites for hydroxylation is 2. The van der Waals surface area contributed by atoms with Crippen molar-refractivity contribution in [3.05, 3.63) is 77.5 Å². The maximum atomic E-state index is 2.46. The molecular weight excluding hydrogens is 523 g/mol. The molecule has 3 heterocycles. The fourth-order valence-electron chi connectivity index (χ4n) is 6.77. The lowest BCUT2D eigenvalue weighted by Gasteiger charge is -2.27. The minimum atomic E-state index is 0.181. The molecule has 0 unspecified atom stereocenters. The van der Waals surface area contributed by atoms with Crippen molar-refractivity contribution in [2.45, 2.75) is 71.1 Å². The molecule has 0 aliphatic carbocycles. The summed E-state index contributed by atoms with van der Waals surface area (Å²) in [5.41, 5.74) is 7.62. The zero-order chi connectivity index (χ0) is 28.1. The summed E-state index contributed by atoms with van der Waals surface area (Å²) in [7, 11) is 2.23. The van der Waals surface area contributed by atoms with Crippen LogP contribution in [0.25, 0.3) is 53.0 Å². The van der Waals surface area contributed by atoms with Gasteiger partial charge in [0.25, 0.3) is 0 Å². The first-order valence-corrected chi connectivity index (χ1v) is 16.1. The van der Waals surface area contributed by atoms with Crippen LogP contribution in [0, 0.1) is 17.8 Å². The molecule has 0 radical (unpaired) electrons. The number of rotatable bonds is 2.